The lowest BCUT2D eigenvalue weighted by Crippen LogP contribution is -1.92. The van der Waals surface area contributed by atoms with Crippen LogP contribution in [0.4, 0.5) is 0 Å². The molecule has 0 saturated heterocycles. The lowest BCUT2D eigenvalue weighted by Gasteiger charge is -2.19. The van der Waals surface area contributed by atoms with Crippen molar-refractivity contribution in [2.75, 3.05) is 0 Å². The summed E-state index contributed by atoms with van der Waals surface area (Å²) in [7, 11) is 0. The third-order valence-electron chi connectivity index (χ3n) is 11.0. The van der Waals surface area contributed by atoms with E-state index in [0.717, 1.165) is 49.4 Å². The van der Waals surface area contributed by atoms with Crippen LogP contribution in [0.5, 0.6) is 0 Å². The van der Waals surface area contributed by atoms with Gasteiger partial charge in [-0.05, 0) is 103 Å². The fraction of sp³-hybridized carbons (Fsp3) is 0. The second kappa shape index (κ2) is 10.9. The van der Waals surface area contributed by atoms with Crippen molar-refractivity contribution in [1.29, 1.82) is 0 Å². The molecule has 0 bridgehead atoms. The van der Waals surface area contributed by atoms with Crippen molar-refractivity contribution in [2.45, 2.75) is 0 Å². The minimum atomic E-state index is 0.869. The average molecular weight is 693 g/mol. The summed E-state index contributed by atoms with van der Waals surface area (Å²) in [6.45, 7) is 0. The minimum absolute atomic E-state index is 0.869. The first-order valence-electron chi connectivity index (χ1n) is 18.0. The molecule has 3 aromatic heterocycles. The Morgan fingerprint density at radius 2 is 0.849 bits per heavy atom. The highest BCUT2D eigenvalue weighted by Gasteiger charge is 2.22. The first kappa shape index (κ1) is 29.0. The smallest absolute Gasteiger partial charge is 0.136 e. The Bertz CT molecular complexity index is 3390. The van der Waals surface area contributed by atoms with Crippen molar-refractivity contribution in [3.05, 3.63) is 170 Å². The van der Waals surface area contributed by atoms with Crippen molar-refractivity contribution in [3.63, 3.8) is 0 Å². The van der Waals surface area contributed by atoms with E-state index in [1.165, 1.54) is 69.5 Å². The molecule has 0 radical (unpaired) electrons. The minimum Gasteiger partial charge on any atom is -0.456 e. The molecule has 3 heteroatoms. The maximum Gasteiger partial charge on any atom is 0.136 e. The summed E-state index contributed by atoms with van der Waals surface area (Å²) in [5.41, 5.74) is 10.9. The number of para-hydroxylation sites is 1. The van der Waals surface area contributed by atoms with Crippen molar-refractivity contribution in [3.8, 4) is 33.4 Å². The fourth-order valence-electron chi connectivity index (χ4n) is 8.82. The summed E-state index contributed by atoms with van der Waals surface area (Å²) in [6, 6.07) is 61.4. The molecular weight excluding hydrogens is 665 g/mol. The summed E-state index contributed by atoms with van der Waals surface area (Å²) >= 11 is 1.87. The van der Waals surface area contributed by atoms with Gasteiger partial charge < -0.3 is 8.83 Å². The number of furan rings is 2. The molecule has 3 heterocycles. The van der Waals surface area contributed by atoms with Crippen LogP contribution in [0.3, 0.4) is 0 Å². The van der Waals surface area contributed by atoms with Crippen LogP contribution in [-0.4, -0.2) is 0 Å². The summed E-state index contributed by atoms with van der Waals surface area (Å²) < 4.78 is 15.3. The molecule has 0 aliphatic rings. The second-order valence-electron chi connectivity index (χ2n) is 13.9. The van der Waals surface area contributed by atoms with E-state index in [-0.39, 0.29) is 0 Å². The Labute approximate surface area is 307 Å². The predicted molar refractivity (Wildman–Crippen MR) is 225 cm³/mol. The maximum absolute atomic E-state index is 6.48. The summed E-state index contributed by atoms with van der Waals surface area (Å²) in [6.07, 6.45) is 0. The van der Waals surface area contributed by atoms with E-state index in [2.05, 4.69) is 146 Å². The van der Waals surface area contributed by atoms with Gasteiger partial charge in [0, 0.05) is 41.7 Å². The number of hydrogen-bond acceptors (Lipinski definition) is 3. The van der Waals surface area contributed by atoms with Crippen LogP contribution in [0, 0.1) is 0 Å². The first-order valence-corrected chi connectivity index (χ1v) is 18.8. The molecule has 0 fully saturated rings. The molecule has 0 unspecified atom stereocenters. The van der Waals surface area contributed by atoms with Crippen LogP contribution in [-0.2, 0) is 0 Å². The average Bonchev–Trinajstić information content (AvgIpc) is 3.90. The van der Waals surface area contributed by atoms with E-state index in [1.807, 2.05) is 35.6 Å². The number of fused-ring (bicyclic) bond motifs is 12. The highest BCUT2D eigenvalue weighted by molar-refractivity contribution is 7.26. The SMILES string of the molecule is c1ccc(-c2c3ccccc3c(-c3cc(-c4ccc5oc6ccc7oc8ccccc8c7c6c5c4)cc4sc5ccccc5c34)c3ccccc23)cc1. The number of benzene rings is 9. The van der Waals surface area contributed by atoms with Gasteiger partial charge in [-0.3, -0.25) is 0 Å². The van der Waals surface area contributed by atoms with Gasteiger partial charge in [0.2, 0.25) is 0 Å². The van der Waals surface area contributed by atoms with Crippen LogP contribution in [0.2, 0.25) is 0 Å². The third kappa shape index (κ3) is 4.14. The highest BCUT2D eigenvalue weighted by Crippen LogP contribution is 2.50. The van der Waals surface area contributed by atoms with E-state index >= 15 is 0 Å². The number of thiophene rings is 1. The zero-order valence-electron chi connectivity index (χ0n) is 28.4. The van der Waals surface area contributed by atoms with Crippen molar-refractivity contribution >= 4 is 96.9 Å². The molecule has 12 rings (SSSR count). The number of hydrogen-bond donors (Lipinski definition) is 0. The van der Waals surface area contributed by atoms with Crippen molar-refractivity contribution in [1.82, 2.24) is 0 Å². The summed E-state index contributed by atoms with van der Waals surface area (Å²) in [5.74, 6) is 0. The van der Waals surface area contributed by atoms with Crippen LogP contribution in [0.25, 0.3) is 119 Å². The molecule has 0 aliphatic heterocycles. The maximum atomic E-state index is 6.48. The van der Waals surface area contributed by atoms with Crippen LogP contribution in [0.1, 0.15) is 0 Å². The van der Waals surface area contributed by atoms with Crippen LogP contribution in [0.15, 0.2) is 179 Å². The molecule has 246 valence electrons. The van der Waals surface area contributed by atoms with Crippen molar-refractivity contribution in [2.24, 2.45) is 0 Å². The zero-order valence-corrected chi connectivity index (χ0v) is 29.2. The third-order valence-corrected chi connectivity index (χ3v) is 12.2. The molecule has 0 amide bonds. The molecule has 0 aliphatic carbocycles. The molecule has 2 nitrogen and oxygen atoms in total. The Kier molecular flexibility index (Phi) is 5.96. The van der Waals surface area contributed by atoms with Gasteiger partial charge in [0.05, 0.1) is 0 Å². The van der Waals surface area contributed by atoms with Gasteiger partial charge in [-0.2, -0.15) is 0 Å². The predicted octanol–water partition coefficient (Wildman–Crippen LogP) is 15.2. The van der Waals surface area contributed by atoms with E-state index in [4.69, 9.17) is 8.83 Å². The topological polar surface area (TPSA) is 26.3 Å². The molecule has 0 atom stereocenters. The fourth-order valence-corrected chi connectivity index (χ4v) is 9.99. The Morgan fingerprint density at radius 3 is 1.57 bits per heavy atom. The summed E-state index contributed by atoms with van der Waals surface area (Å²) in [4.78, 5) is 0. The van der Waals surface area contributed by atoms with E-state index in [9.17, 15) is 0 Å². The van der Waals surface area contributed by atoms with Gasteiger partial charge >= 0.3 is 0 Å². The van der Waals surface area contributed by atoms with E-state index < -0.39 is 0 Å². The lowest BCUT2D eigenvalue weighted by atomic mass is 9.84. The second-order valence-corrected chi connectivity index (χ2v) is 15.0. The van der Waals surface area contributed by atoms with Gasteiger partial charge in [-0.15, -0.1) is 11.3 Å². The quantitative estimate of drug-likeness (QED) is 0.172. The molecule has 0 saturated carbocycles. The van der Waals surface area contributed by atoms with Crippen LogP contribution >= 0.6 is 11.3 Å². The summed E-state index contributed by atoms with van der Waals surface area (Å²) in [5, 5.41) is 12.0. The highest BCUT2D eigenvalue weighted by atomic mass is 32.1. The zero-order chi connectivity index (χ0) is 34.6. The monoisotopic (exact) mass is 692 g/mol. The lowest BCUT2D eigenvalue weighted by molar-refractivity contribution is 0.663. The molecule has 0 spiro atoms. The molecule has 9 aromatic carbocycles. The van der Waals surface area contributed by atoms with E-state index in [0.29, 0.717) is 0 Å². The normalized spacial score (nSPS) is 12.2. The van der Waals surface area contributed by atoms with Gasteiger partial charge in [-0.1, -0.05) is 121 Å². The van der Waals surface area contributed by atoms with E-state index in [1.54, 1.807) is 0 Å². The largest absolute Gasteiger partial charge is 0.456 e. The van der Waals surface area contributed by atoms with Crippen LogP contribution < -0.4 is 0 Å². The van der Waals surface area contributed by atoms with Crippen molar-refractivity contribution < 1.29 is 8.83 Å². The van der Waals surface area contributed by atoms with Gasteiger partial charge in [0.25, 0.3) is 0 Å². The molecular formula is C50H28O2S. The molecule has 12 aromatic rings. The van der Waals surface area contributed by atoms with Gasteiger partial charge in [0.15, 0.2) is 0 Å². The molecule has 0 N–H and O–H groups in total. The number of rotatable bonds is 3. The Balaban J connectivity index is 1.20. The first-order chi connectivity index (χ1) is 26.3. The standard InChI is InChI=1S/C50H28O2S/c1-2-12-29(13-3-1)46-32-14-4-6-16-34(32)47(35-17-7-5-15-33(35)46)39-27-31(28-45-48(39)37-19-9-11-21-44(37)53-45)30-22-23-41-38(26-30)50-43(52-41)25-24-42-49(50)36-18-8-10-20-40(36)51-42/h1-28H. The molecule has 53 heavy (non-hydrogen) atoms. The Hall–Kier alpha value is -6.68. The Morgan fingerprint density at radius 1 is 0.302 bits per heavy atom. The van der Waals surface area contributed by atoms with Gasteiger partial charge in [0.1, 0.15) is 22.3 Å². The van der Waals surface area contributed by atoms with Gasteiger partial charge in [-0.25, -0.2) is 0 Å².